The van der Waals surface area contributed by atoms with Crippen LogP contribution in [0.5, 0.6) is 0 Å². The minimum Gasteiger partial charge on any atom is -0.336 e. The van der Waals surface area contributed by atoms with Gasteiger partial charge in [0.15, 0.2) is 0 Å². The number of likely N-dealkylation sites (N-methyl/N-ethyl adjacent to an activating group) is 1. The lowest BCUT2D eigenvalue weighted by atomic mass is 10.0. The van der Waals surface area contributed by atoms with Crippen LogP contribution < -0.4 is 10.6 Å². The molecule has 2 aliphatic rings. The fourth-order valence-corrected chi connectivity index (χ4v) is 3.23. The highest BCUT2D eigenvalue weighted by molar-refractivity contribution is 6.31. The van der Waals surface area contributed by atoms with E-state index in [4.69, 9.17) is 11.6 Å². The summed E-state index contributed by atoms with van der Waals surface area (Å²) < 4.78 is 0. The maximum absolute atomic E-state index is 12.0. The Morgan fingerprint density at radius 2 is 1.96 bits per heavy atom. The third-order valence-electron chi connectivity index (χ3n) is 4.61. The average molecular weight is 337 g/mol. The van der Waals surface area contributed by atoms with E-state index in [1.54, 1.807) is 0 Å². The number of hydrogen-bond acceptors (Lipinski definition) is 3. The Balaban J connectivity index is 1.67. The van der Waals surface area contributed by atoms with Gasteiger partial charge in [0.25, 0.3) is 0 Å². The number of hydrogen-bond donors (Lipinski definition) is 2. The van der Waals surface area contributed by atoms with Crippen molar-refractivity contribution in [3.8, 4) is 0 Å². The monoisotopic (exact) mass is 336 g/mol. The Labute approximate surface area is 143 Å². The summed E-state index contributed by atoms with van der Waals surface area (Å²) in [5, 5.41) is 6.76. The van der Waals surface area contributed by atoms with Crippen LogP contribution in [0, 0.1) is 0 Å². The highest BCUT2D eigenvalue weighted by Gasteiger charge is 2.27. The number of amides is 2. The number of benzene rings is 1. The molecule has 6 heteroatoms. The van der Waals surface area contributed by atoms with Gasteiger partial charge in [-0.1, -0.05) is 29.8 Å². The molecule has 0 unspecified atom stereocenters. The molecule has 0 bridgehead atoms. The fourth-order valence-electron chi connectivity index (χ4n) is 2.97. The summed E-state index contributed by atoms with van der Waals surface area (Å²) in [6.45, 7) is 4.62. The first-order valence-corrected chi connectivity index (χ1v) is 8.72. The predicted octanol–water partition coefficient (Wildman–Crippen LogP) is 2.09. The van der Waals surface area contributed by atoms with Gasteiger partial charge in [-0.2, -0.15) is 0 Å². The zero-order chi connectivity index (χ0) is 16.2. The summed E-state index contributed by atoms with van der Waals surface area (Å²) in [5.41, 5.74) is 1.09. The molecule has 0 spiro atoms. The second-order valence-corrected chi connectivity index (χ2v) is 6.91. The fraction of sp³-hybridized carbons (Fsp3) is 0.588. The predicted molar refractivity (Wildman–Crippen MR) is 92.8 cm³/mol. The van der Waals surface area contributed by atoms with Crippen LogP contribution in [-0.2, 0) is 0 Å². The molecule has 1 saturated carbocycles. The van der Waals surface area contributed by atoms with E-state index in [1.165, 1.54) is 0 Å². The summed E-state index contributed by atoms with van der Waals surface area (Å²) in [6.07, 6.45) is 2.19. The van der Waals surface area contributed by atoms with E-state index in [9.17, 15) is 4.79 Å². The van der Waals surface area contributed by atoms with Crippen molar-refractivity contribution in [3.63, 3.8) is 0 Å². The first-order valence-electron chi connectivity index (χ1n) is 8.35. The van der Waals surface area contributed by atoms with Crippen LogP contribution in [0.15, 0.2) is 24.3 Å². The third-order valence-corrected chi connectivity index (χ3v) is 4.96. The molecule has 2 N–H and O–H groups in total. The zero-order valence-corrected chi connectivity index (χ0v) is 14.4. The number of nitrogens with zero attached hydrogens (tertiary/aromatic N) is 2. The topological polar surface area (TPSA) is 47.6 Å². The standard InChI is InChI=1S/C17H25ClN4O/c1-21-8-10-22(11-9-21)16(14-4-2-3-5-15(14)18)12-19-17(23)20-13-6-7-13/h2-5,13,16H,6-12H2,1H3,(H2,19,20,23)/t16-/m0/s1. The van der Waals surface area contributed by atoms with Crippen LogP contribution in [0.25, 0.3) is 0 Å². The number of nitrogens with one attached hydrogen (secondary N) is 2. The third kappa shape index (κ3) is 4.59. The highest BCUT2D eigenvalue weighted by atomic mass is 35.5. The molecule has 1 heterocycles. The van der Waals surface area contributed by atoms with Gasteiger partial charge in [-0.3, -0.25) is 4.90 Å². The van der Waals surface area contributed by atoms with E-state index >= 15 is 0 Å². The molecule has 3 rings (SSSR count). The lowest BCUT2D eigenvalue weighted by molar-refractivity contribution is 0.111. The van der Waals surface area contributed by atoms with Gasteiger partial charge in [-0.05, 0) is 31.5 Å². The normalized spacial score (nSPS) is 21.0. The highest BCUT2D eigenvalue weighted by Crippen LogP contribution is 2.28. The SMILES string of the molecule is CN1CCN([C@@H](CNC(=O)NC2CC2)c2ccccc2Cl)CC1. The molecule has 2 amide bonds. The van der Waals surface area contributed by atoms with Crippen molar-refractivity contribution in [2.45, 2.75) is 24.9 Å². The van der Waals surface area contributed by atoms with Gasteiger partial charge >= 0.3 is 6.03 Å². The van der Waals surface area contributed by atoms with Crippen LogP contribution in [0.3, 0.4) is 0 Å². The summed E-state index contributed by atoms with van der Waals surface area (Å²) >= 11 is 6.41. The number of piperazine rings is 1. The molecule has 1 aliphatic heterocycles. The van der Waals surface area contributed by atoms with Crippen LogP contribution in [0.1, 0.15) is 24.4 Å². The summed E-state index contributed by atoms with van der Waals surface area (Å²) in [7, 11) is 2.14. The molecule has 126 valence electrons. The minimum atomic E-state index is -0.0707. The minimum absolute atomic E-state index is 0.0707. The first-order chi connectivity index (χ1) is 11.1. The van der Waals surface area contributed by atoms with Crippen molar-refractivity contribution >= 4 is 17.6 Å². The summed E-state index contributed by atoms with van der Waals surface area (Å²) in [5.74, 6) is 0. The van der Waals surface area contributed by atoms with Crippen LogP contribution in [-0.4, -0.2) is 61.6 Å². The van der Waals surface area contributed by atoms with Gasteiger partial charge in [-0.25, -0.2) is 4.79 Å². The van der Waals surface area contributed by atoms with E-state index in [2.05, 4.69) is 33.5 Å². The molecular formula is C17H25ClN4O. The molecule has 0 aromatic heterocycles. The Kier molecular flexibility index (Phi) is 5.41. The molecule has 23 heavy (non-hydrogen) atoms. The Morgan fingerprint density at radius 3 is 2.61 bits per heavy atom. The van der Waals surface area contributed by atoms with Crippen LogP contribution in [0.4, 0.5) is 4.79 Å². The molecule has 1 atom stereocenters. The number of halogens is 1. The van der Waals surface area contributed by atoms with Crippen molar-refractivity contribution in [3.05, 3.63) is 34.9 Å². The van der Waals surface area contributed by atoms with Gasteiger partial charge in [0.05, 0.1) is 6.04 Å². The number of urea groups is 1. The van der Waals surface area contributed by atoms with E-state index < -0.39 is 0 Å². The first kappa shape index (κ1) is 16.6. The van der Waals surface area contributed by atoms with E-state index in [1.807, 2.05) is 18.2 Å². The van der Waals surface area contributed by atoms with E-state index in [0.717, 1.165) is 49.6 Å². The van der Waals surface area contributed by atoms with Gasteiger partial charge < -0.3 is 15.5 Å². The van der Waals surface area contributed by atoms with Gasteiger partial charge in [-0.15, -0.1) is 0 Å². The largest absolute Gasteiger partial charge is 0.336 e. The summed E-state index contributed by atoms with van der Waals surface area (Å²) in [4.78, 5) is 16.7. The number of carbonyl (C=O) groups excluding carboxylic acids is 1. The molecule has 1 aromatic carbocycles. The second kappa shape index (κ2) is 7.51. The molecule has 1 saturated heterocycles. The lowest BCUT2D eigenvalue weighted by Crippen LogP contribution is -2.49. The Hall–Kier alpha value is -1.30. The Morgan fingerprint density at radius 1 is 1.26 bits per heavy atom. The van der Waals surface area contributed by atoms with Gasteiger partial charge in [0, 0.05) is 43.8 Å². The number of carbonyl (C=O) groups is 1. The maximum atomic E-state index is 12.0. The lowest BCUT2D eigenvalue weighted by Gasteiger charge is -2.38. The van der Waals surface area contributed by atoms with Crippen molar-refractivity contribution in [1.29, 1.82) is 0 Å². The summed E-state index contributed by atoms with van der Waals surface area (Å²) in [6, 6.07) is 8.35. The van der Waals surface area contributed by atoms with E-state index in [-0.39, 0.29) is 12.1 Å². The van der Waals surface area contributed by atoms with Gasteiger partial charge in [0.1, 0.15) is 0 Å². The average Bonchev–Trinajstić information content (AvgIpc) is 3.34. The van der Waals surface area contributed by atoms with Crippen LogP contribution in [0.2, 0.25) is 5.02 Å². The number of rotatable bonds is 5. The van der Waals surface area contributed by atoms with Crippen molar-refractivity contribution in [2.24, 2.45) is 0 Å². The molecule has 1 aliphatic carbocycles. The second-order valence-electron chi connectivity index (χ2n) is 6.51. The molecule has 1 aromatic rings. The smallest absolute Gasteiger partial charge is 0.315 e. The zero-order valence-electron chi connectivity index (χ0n) is 13.6. The maximum Gasteiger partial charge on any atom is 0.315 e. The van der Waals surface area contributed by atoms with Gasteiger partial charge in [0.2, 0.25) is 0 Å². The molecule has 2 fully saturated rings. The quantitative estimate of drug-likeness (QED) is 0.865. The van der Waals surface area contributed by atoms with E-state index in [0.29, 0.717) is 12.6 Å². The van der Waals surface area contributed by atoms with Crippen molar-refractivity contribution in [2.75, 3.05) is 39.8 Å². The Bertz CT molecular complexity index is 541. The molecule has 0 radical (unpaired) electrons. The van der Waals surface area contributed by atoms with Crippen LogP contribution >= 0.6 is 11.6 Å². The molecule has 5 nitrogen and oxygen atoms in total. The van der Waals surface area contributed by atoms with Crippen molar-refractivity contribution in [1.82, 2.24) is 20.4 Å². The van der Waals surface area contributed by atoms with Crippen molar-refractivity contribution < 1.29 is 4.79 Å². The molecular weight excluding hydrogens is 312 g/mol.